The van der Waals surface area contributed by atoms with Crippen molar-refractivity contribution in [3.8, 4) is 0 Å². The van der Waals surface area contributed by atoms with Crippen LogP contribution in [0.2, 0.25) is 0 Å². The molecule has 120 valence electrons. The van der Waals surface area contributed by atoms with Crippen molar-refractivity contribution in [2.75, 3.05) is 37.7 Å². The maximum Gasteiger partial charge on any atom is 0.0518 e. The number of hydrogen-bond donors (Lipinski definition) is 1. The summed E-state index contributed by atoms with van der Waals surface area (Å²) >= 11 is 0. The Hall–Kier alpha value is -1.06. The molecule has 3 heteroatoms. The van der Waals surface area contributed by atoms with Gasteiger partial charge in [-0.3, -0.25) is 0 Å². The van der Waals surface area contributed by atoms with E-state index >= 15 is 0 Å². The third-order valence-corrected chi connectivity index (χ3v) is 3.41. The summed E-state index contributed by atoms with van der Waals surface area (Å²) in [5, 5.41) is 3.51. The number of hydrogen-bond acceptors (Lipinski definition) is 3. The molecule has 3 nitrogen and oxygen atoms in total. The van der Waals surface area contributed by atoms with Crippen molar-refractivity contribution < 1.29 is 4.74 Å². The molecule has 1 rings (SSSR count). The average Bonchev–Trinajstić information content (AvgIpc) is 2.50. The van der Waals surface area contributed by atoms with Crippen molar-refractivity contribution in [3.63, 3.8) is 0 Å². The fraction of sp³-hybridized carbons (Fsp3) is 0.667. The summed E-state index contributed by atoms with van der Waals surface area (Å²) in [6.07, 6.45) is 3.91. The average molecular weight is 292 g/mol. The molecule has 0 radical (unpaired) electrons. The second-order valence-corrected chi connectivity index (χ2v) is 5.70. The van der Waals surface area contributed by atoms with Gasteiger partial charge in [-0.25, -0.2) is 0 Å². The van der Waals surface area contributed by atoms with E-state index in [1.807, 2.05) is 0 Å². The van der Waals surface area contributed by atoms with Crippen molar-refractivity contribution in [3.05, 3.63) is 30.3 Å². The molecule has 0 saturated heterocycles. The smallest absolute Gasteiger partial charge is 0.0518 e. The molecule has 1 aromatic rings. The molecule has 0 aliphatic rings. The lowest BCUT2D eigenvalue weighted by Gasteiger charge is -2.25. The fourth-order valence-corrected chi connectivity index (χ4v) is 2.21. The molecule has 0 spiro atoms. The van der Waals surface area contributed by atoms with E-state index in [-0.39, 0.29) is 0 Å². The van der Waals surface area contributed by atoms with Crippen molar-refractivity contribution in [2.45, 2.75) is 46.1 Å². The Morgan fingerprint density at radius 2 is 1.81 bits per heavy atom. The van der Waals surface area contributed by atoms with Crippen molar-refractivity contribution in [1.82, 2.24) is 5.32 Å². The molecule has 0 aliphatic heterocycles. The van der Waals surface area contributed by atoms with Crippen LogP contribution in [-0.2, 0) is 4.74 Å². The molecule has 1 aromatic carbocycles. The van der Waals surface area contributed by atoms with Gasteiger partial charge in [0.1, 0.15) is 0 Å². The van der Waals surface area contributed by atoms with Gasteiger partial charge >= 0.3 is 0 Å². The zero-order valence-electron chi connectivity index (χ0n) is 14.0. The molecule has 0 aromatic heterocycles. The molecule has 0 atom stereocenters. The third kappa shape index (κ3) is 8.74. The van der Waals surface area contributed by atoms with Crippen LogP contribution in [0.15, 0.2) is 30.3 Å². The van der Waals surface area contributed by atoms with Crippen LogP contribution < -0.4 is 10.2 Å². The lowest BCUT2D eigenvalue weighted by atomic mass is 10.2. The second kappa shape index (κ2) is 11.6. The molecule has 0 aliphatic carbocycles. The van der Waals surface area contributed by atoms with Gasteiger partial charge in [0.15, 0.2) is 0 Å². The van der Waals surface area contributed by atoms with Crippen LogP contribution in [0.1, 0.15) is 40.0 Å². The largest absolute Gasteiger partial charge is 0.379 e. The summed E-state index contributed by atoms with van der Waals surface area (Å²) in [7, 11) is 0. The van der Waals surface area contributed by atoms with Gasteiger partial charge in [-0.05, 0) is 45.4 Å². The van der Waals surface area contributed by atoms with E-state index in [9.17, 15) is 0 Å². The highest BCUT2D eigenvalue weighted by Crippen LogP contribution is 2.13. The molecule has 0 fully saturated rings. The summed E-state index contributed by atoms with van der Waals surface area (Å²) in [4.78, 5) is 2.47. The van der Waals surface area contributed by atoms with Gasteiger partial charge in [0.2, 0.25) is 0 Å². The lowest BCUT2D eigenvalue weighted by molar-refractivity contribution is 0.0771. The second-order valence-electron chi connectivity index (χ2n) is 5.70. The zero-order valence-corrected chi connectivity index (χ0v) is 14.0. The molecule has 0 bridgehead atoms. The summed E-state index contributed by atoms with van der Waals surface area (Å²) in [5.41, 5.74) is 1.33. The number of benzene rings is 1. The van der Waals surface area contributed by atoms with Crippen LogP contribution in [-0.4, -0.2) is 38.9 Å². The summed E-state index contributed by atoms with van der Waals surface area (Å²) in [5.74, 6) is 0. The number of nitrogens with one attached hydrogen (secondary N) is 1. The Bertz CT molecular complexity index is 340. The van der Waals surface area contributed by atoms with Crippen LogP contribution in [0.3, 0.4) is 0 Å². The van der Waals surface area contributed by atoms with Gasteiger partial charge in [-0.15, -0.1) is 0 Å². The van der Waals surface area contributed by atoms with Crippen molar-refractivity contribution in [2.24, 2.45) is 0 Å². The third-order valence-electron chi connectivity index (χ3n) is 3.41. The quantitative estimate of drug-likeness (QED) is 0.595. The first-order chi connectivity index (χ1) is 10.2. The first-order valence-corrected chi connectivity index (χ1v) is 8.36. The molecule has 21 heavy (non-hydrogen) atoms. The SMILES string of the molecule is CCCCN(CCNCCCOC(C)C)c1ccccc1. The number of para-hydroxylation sites is 1. The summed E-state index contributed by atoms with van der Waals surface area (Å²) < 4.78 is 5.54. The van der Waals surface area contributed by atoms with Crippen LogP contribution in [0.5, 0.6) is 0 Å². The van der Waals surface area contributed by atoms with Gasteiger partial charge in [-0.2, -0.15) is 0 Å². The molecule has 0 heterocycles. The van der Waals surface area contributed by atoms with E-state index in [0.29, 0.717) is 6.10 Å². The molecule has 0 saturated carbocycles. The number of nitrogens with zero attached hydrogens (tertiary/aromatic N) is 1. The van der Waals surface area contributed by atoms with E-state index in [4.69, 9.17) is 4.74 Å². The fourth-order valence-electron chi connectivity index (χ4n) is 2.21. The monoisotopic (exact) mass is 292 g/mol. The molecular formula is C18H32N2O. The van der Waals surface area contributed by atoms with Crippen molar-refractivity contribution >= 4 is 5.69 Å². The summed E-state index contributed by atoms with van der Waals surface area (Å²) in [6.45, 7) is 11.5. The molecule has 0 amide bonds. The standard InChI is InChI=1S/C18H32N2O/c1-4-5-14-20(18-10-7-6-8-11-18)15-13-19-12-9-16-21-17(2)3/h6-8,10-11,17,19H,4-5,9,12-16H2,1-3H3. The normalized spacial score (nSPS) is 11.0. The van der Waals surface area contributed by atoms with Gasteiger partial charge in [0, 0.05) is 31.9 Å². The van der Waals surface area contributed by atoms with Gasteiger partial charge < -0.3 is 15.0 Å². The first kappa shape index (κ1) is 18.0. The van der Waals surface area contributed by atoms with Crippen LogP contribution in [0.25, 0.3) is 0 Å². The number of ether oxygens (including phenoxy) is 1. The molecule has 0 unspecified atom stereocenters. The minimum absolute atomic E-state index is 0.340. The highest BCUT2D eigenvalue weighted by Gasteiger charge is 2.04. The Labute approximate surface area is 130 Å². The maximum atomic E-state index is 5.54. The van der Waals surface area contributed by atoms with Gasteiger partial charge in [0.05, 0.1) is 6.10 Å². The minimum atomic E-state index is 0.340. The molecule has 1 N–H and O–H groups in total. The Morgan fingerprint density at radius 3 is 2.48 bits per heavy atom. The topological polar surface area (TPSA) is 24.5 Å². The van der Waals surface area contributed by atoms with Crippen LogP contribution >= 0.6 is 0 Å². The van der Waals surface area contributed by atoms with Crippen LogP contribution in [0.4, 0.5) is 5.69 Å². The Morgan fingerprint density at radius 1 is 1.05 bits per heavy atom. The maximum absolute atomic E-state index is 5.54. The summed E-state index contributed by atoms with van der Waals surface area (Å²) in [6, 6.07) is 10.7. The van der Waals surface area contributed by atoms with E-state index < -0.39 is 0 Å². The highest BCUT2D eigenvalue weighted by atomic mass is 16.5. The molecular weight excluding hydrogens is 260 g/mol. The predicted molar refractivity (Wildman–Crippen MR) is 92.1 cm³/mol. The first-order valence-electron chi connectivity index (χ1n) is 8.36. The predicted octanol–water partition coefficient (Wildman–Crippen LogP) is 3.70. The van der Waals surface area contributed by atoms with E-state index in [1.165, 1.54) is 18.5 Å². The Balaban J connectivity index is 2.21. The zero-order chi connectivity index (χ0) is 15.3. The van der Waals surface area contributed by atoms with E-state index in [2.05, 4.69) is 61.3 Å². The van der Waals surface area contributed by atoms with Crippen molar-refractivity contribution in [1.29, 1.82) is 0 Å². The van der Waals surface area contributed by atoms with E-state index in [0.717, 1.165) is 39.2 Å². The van der Waals surface area contributed by atoms with E-state index in [1.54, 1.807) is 0 Å². The minimum Gasteiger partial charge on any atom is -0.379 e. The number of anilines is 1. The lowest BCUT2D eigenvalue weighted by Crippen LogP contribution is -2.33. The van der Waals surface area contributed by atoms with Crippen LogP contribution in [0, 0.1) is 0 Å². The number of unbranched alkanes of at least 4 members (excludes halogenated alkanes) is 1. The highest BCUT2D eigenvalue weighted by molar-refractivity contribution is 5.45. The van der Waals surface area contributed by atoms with Gasteiger partial charge in [0.25, 0.3) is 0 Å². The Kier molecular flexibility index (Phi) is 9.92. The van der Waals surface area contributed by atoms with Gasteiger partial charge in [-0.1, -0.05) is 31.5 Å². The number of rotatable bonds is 12.